The van der Waals surface area contributed by atoms with Crippen LogP contribution >= 0.6 is 0 Å². The highest BCUT2D eigenvalue weighted by Gasteiger charge is 2.36. The fourth-order valence-corrected chi connectivity index (χ4v) is 2.49. The van der Waals surface area contributed by atoms with Gasteiger partial charge in [-0.3, -0.25) is 9.59 Å². The molecule has 1 saturated heterocycles. The molecule has 0 bridgehead atoms. The van der Waals surface area contributed by atoms with Crippen LogP contribution in [0.5, 0.6) is 0 Å². The van der Waals surface area contributed by atoms with Gasteiger partial charge in [-0.2, -0.15) is 0 Å². The Morgan fingerprint density at radius 3 is 2.40 bits per heavy atom. The Hall–Kier alpha value is -1.78. The first-order valence-electron chi connectivity index (χ1n) is 6.65. The second-order valence-corrected chi connectivity index (χ2v) is 5.56. The minimum Gasteiger partial charge on any atom is -0.350 e. The van der Waals surface area contributed by atoms with Crippen LogP contribution in [-0.2, 0) is 14.3 Å². The first-order chi connectivity index (χ1) is 9.48. The van der Waals surface area contributed by atoms with Crippen LogP contribution in [0.15, 0.2) is 29.8 Å². The SMILES string of the molecule is CC1(C)OCC(C2=Cc3ccccc3C(=O)C2=O)CO1. The molecule has 0 N–H and O–H groups in total. The van der Waals surface area contributed by atoms with E-state index in [1.165, 1.54) is 0 Å². The largest absolute Gasteiger partial charge is 0.350 e. The van der Waals surface area contributed by atoms with E-state index < -0.39 is 17.4 Å². The third-order valence-electron chi connectivity index (χ3n) is 3.69. The van der Waals surface area contributed by atoms with Crippen LogP contribution in [0.1, 0.15) is 29.8 Å². The Labute approximate surface area is 117 Å². The summed E-state index contributed by atoms with van der Waals surface area (Å²) in [5, 5.41) is 0. The fraction of sp³-hybridized carbons (Fsp3) is 0.375. The number of carbonyl (C=O) groups is 2. The molecule has 0 unspecified atom stereocenters. The molecule has 0 atom stereocenters. The summed E-state index contributed by atoms with van der Waals surface area (Å²) in [6, 6.07) is 7.14. The lowest BCUT2D eigenvalue weighted by molar-refractivity contribution is -0.257. The van der Waals surface area contributed by atoms with Gasteiger partial charge in [-0.15, -0.1) is 0 Å². The van der Waals surface area contributed by atoms with Crippen LogP contribution in [0.3, 0.4) is 0 Å². The molecule has 1 fully saturated rings. The van der Waals surface area contributed by atoms with Crippen molar-refractivity contribution in [3.8, 4) is 0 Å². The fourth-order valence-electron chi connectivity index (χ4n) is 2.49. The summed E-state index contributed by atoms with van der Waals surface area (Å²) in [5.41, 5.74) is 1.75. The summed E-state index contributed by atoms with van der Waals surface area (Å²) in [6.45, 7) is 4.45. The van der Waals surface area contributed by atoms with Crippen molar-refractivity contribution in [2.45, 2.75) is 19.6 Å². The van der Waals surface area contributed by atoms with E-state index in [1.54, 1.807) is 18.2 Å². The van der Waals surface area contributed by atoms with Crippen molar-refractivity contribution in [1.29, 1.82) is 0 Å². The van der Waals surface area contributed by atoms with Crippen LogP contribution in [0, 0.1) is 5.92 Å². The first kappa shape index (κ1) is 13.2. The highest BCUT2D eigenvalue weighted by molar-refractivity contribution is 6.51. The topological polar surface area (TPSA) is 52.6 Å². The molecule has 1 heterocycles. The molecule has 0 radical (unpaired) electrons. The number of carbonyl (C=O) groups excluding carboxylic acids is 2. The summed E-state index contributed by atoms with van der Waals surface area (Å²) in [4.78, 5) is 24.3. The molecule has 0 amide bonds. The Kier molecular flexibility index (Phi) is 3.07. The lowest BCUT2D eigenvalue weighted by atomic mass is 9.84. The average molecular weight is 272 g/mol. The summed E-state index contributed by atoms with van der Waals surface area (Å²) in [5.74, 6) is -1.70. The second-order valence-electron chi connectivity index (χ2n) is 5.56. The number of hydrogen-bond acceptors (Lipinski definition) is 4. The molecule has 4 nitrogen and oxygen atoms in total. The van der Waals surface area contributed by atoms with E-state index in [4.69, 9.17) is 9.47 Å². The molecular weight excluding hydrogens is 256 g/mol. The van der Waals surface area contributed by atoms with E-state index >= 15 is 0 Å². The van der Waals surface area contributed by atoms with Gasteiger partial charge in [0.05, 0.1) is 13.2 Å². The predicted molar refractivity (Wildman–Crippen MR) is 73.2 cm³/mol. The Bertz CT molecular complexity index is 603. The number of rotatable bonds is 1. The normalized spacial score (nSPS) is 22.4. The Morgan fingerprint density at radius 1 is 1.05 bits per heavy atom. The molecule has 0 spiro atoms. The van der Waals surface area contributed by atoms with Crippen LogP contribution in [0.25, 0.3) is 6.08 Å². The zero-order valence-electron chi connectivity index (χ0n) is 11.5. The second kappa shape index (κ2) is 4.65. The lowest BCUT2D eigenvalue weighted by Crippen LogP contribution is -2.42. The van der Waals surface area contributed by atoms with E-state index in [0.717, 1.165) is 5.56 Å². The quantitative estimate of drug-likeness (QED) is 0.736. The molecule has 1 aliphatic carbocycles. The van der Waals surface area contributed by atoms with E-state index in [9.17, 15) is 9.59 Å². The lowest BCUT2D eigenvalue weighted by Gasteiger charge is -2.36. The summed E-state index contributed by atoms with van der Waals surface area (Å²) in [6.07, 6.45) is 1.79. The third kappa shape index (κ3) is 2.21. The van der Waals surface area contributed by atoms with Crippen LogP contribution < -0.4 is 0 Å². The van der Waals surface area contributed by atoms with Crippen molar-refractivity contribution < 1.29 is 19.1 Å². The van der Waals surface area contributed by atoms with E-state index in [0.29, 0.717) is 24.4 Å². The molecule has 1 aromatic carbocycles. The molecule has 0 aromatic heterocycles. The van der Waals surface area contributed by atoms with Gasteiger partial charge < -0.3 is 9.47 Å². The minimum absolute atomic E-state index is 0.187. The highest BCUT2D eigenvalue weighted by Crippen LogP contribution is 2.30. The van der Waals surface area contributed by atoms with Gasteiger partial charge in [0.15, 0.2) is 5.79 Å². The average Bonchev–Trinajstić information content (AvgIpc) is 2.43. The number of ether oxygens (including phenoxy) is 2. The number of benzene rings is 1. The molecular formula is C16H16O4. The zero-order valence-corrected chi connectivity index (χ0v) is 11.5. The van der Waals surface area contributed by atoms with Crippen LogP contribution in [-0.4, -0.2) is 30.6 Å². The predicted octanol–water partition coefficient (Wildman–Crippen LogP) is 2.23. The maximum Gasteiger partial charge on any atom is 0.233 e. The molecule has 3 rings (SSSR count). The van der Waals surface area contributed by atoms with Gasteiger partial charge in [0.25, 0.3) is 0 Å². The number of Topliss-reactive ketones (excluding diaryl/α,β-unsaturated/α-hetero) is 2. The van der Waals surface area contributed by atoms with E-state index in [-0.39, 0.29) is 5.92 Å². The van der Waals surface area contributed by atoms with Gasteiger partial charge in [-0.1, -0.05) is 24.3 Å². The zero-order chi connectivity index (χ0) is 14.3. The van der Waals surface area contributed by atoms with Crippen molar-refractivity contribution >= 4 is 17.6 Å². The van der Waals surface area contributed by atoms with E-state index in [2.05, 4.69) is 0 Å². The summed E-state index contributed by atoms with van der Waals surface area (Å²) < 4.78 is 11.2. The van der Waals surface area contributed by atoms with Crippen molar-refractivity contribution in [3.05, 3.63) is 41.0 Å². The standard InChI is InChI=1S/C16H16O4/c1-16(2)19-8-11(9-20-16)13-7-10-5-3-4-6-12(10)14(17)15(13)18/h3-7,11H,8-9H2,1-2H3. The molecule has 1 aliphatic heterocycles. The highest BCUT2D eigenvalue weighted by atomic mass is 16.7. The number of fused-ring (bicyclic) bond motifs is 1. The summed E-state index contributed by atoms with van der Waals surface area (Å²) in [7, 11) is 0. The van der Waals surface area contributed by atoms with Gasteiger partial charge in [0.2, 0.25) is 11.6 Å². The van der Waals surface area contributed by atoms with Gasteiger partial charge in [0.1, 0.15) is 0 Å². The minimum atomic E-state index is -0.628. The Balaban J connectivity index is 1.93. The molecule has 1 aromatic rings. The van der Waals surface area contributed by atoms with Crippen molar-refractivity contribution in [2.24, 2.45) is 5.92 Å². The van der Waals surface area contributed by atoms with Gasteiger partial charge in [-0.25, -0.2) is 0 Å². The number of ketones is 2. The number of hydrogen-bond donors (Lipinski definition) is 0. The van der Waals surface area contributed by atoms with Crippen molar-refractivity contribution in [3.63, 3.8) is 0 Å². The molecule has 0 saturated carbocycles. The van der Waals surface area contributed by atoms with E-state index in [1.807, 2.05) is 26.0 Å². The Morgan fingerprint density at radius 2 is 1.70 bits per heavy atom. The van der Waals surface area contributed by atoms with Crippen LogP contribution in [0.4, 0.5) is 0 Å². The van der Waals surface area contributed by atoms with Crippen molar-refractivity contribution in [2.75, 3.05) is 13.2 Å². The van der Waals surface area contributed by atoms with Crippen molar-refractivity contribution in [1.82, 2.24) is 0 Å². The summed E-state index contributed by atoms with van der Waals surface area (Å²) >= 11 is 0. The molecule has 4 heteroatoms. The first-order valence-corrected chi connectivity index (χ1v) is 6.65. The molecule has 2 aliphatic rings. The van der Waals surface area contributed by atoms with Gasteiger partial charge >= 0.3 is 0 Å². The van der Waals surface area contributed by atoms with Gasteiger partial charge in [0, 0.05) is 17.1 Å². The molecule has 20 heavy (non-hydrogen) atoms. The maximum atomic E-state index is 12.2. The van der Waals surface area contributed by atoms with Crippen LogP contribution in [0.2, 0.25) is 0 Å². The third-order valence-corrected chi connectivity index (χ3v) is 3.69. The molecule has 104 valence electrons. The monoisotopic (exact) mass is 272 g/mol. The smallest absolute Gasteiger partial charge is 0.233 e. The maximum absolute atomic E-state index is 12.2. The van der Waals surface area contributed by atoms with Gasteiger partial charge in [-0.05, 0) is 25.5 Å².